The van der Waals surface area contributed by atoms with Crippen LogP contribution in [0.4, 0.5) is 0 Å². The van der Waals surface area contributed by atoms with Gasteiger partial charge in [-0.1, -0.05) is 32.9 Å². The summed E-state index contributed by atoms with van der Waals surface area (Å²) in [6.07, 6.45) is 1.50. The van der Waals surface area contributed by atoms with E-state index in [4.69, 9.17) is 4.74 Å². The number of fused-ring (bicyclic) bond motifs is 3. The number of ether oxygens (including phenoxy) is 1. The number of carbonyl (C=O) groups is 2. The van der Waals surface area contributed by atoms with Crippen LogP contribution >= 0.6 is 0 Å². The van der Waals surface area contributed by atoms with E-state index in [0.29, 0.717) is 11.5 Å². The molecule has 0 amide bonds. The Morgan fingerprint density at radius 1 is 1.36 bits per heavy atom. The molecular weight excluding hydrogens is 360 g/mol. The van der Waals surface area contributed by atoms with Crippen molar-refractivity contribution in [1.82, 2.24) is 0 Å². The molecule has 1 spiro atoms. The minimum atomic E-state index is -2.04. The topological polar surface area (TPSA) is 104 Å². The number of esters is 1. The highest BCUT2D eigenvalue weighted by atomic mass is 16.6. The number of ketones is 1. The smallest absolute Gasteiger partial charge is 0.303 e. The van der Waals surface area contributed by atoms with Crippen LogP contribution < -0.4 is 0 Å². The predicted octanol–water partition coefficient (Wildman–Crippen LogP) is 1.39. The van der Waals surface area contributed by atoms with Gasteiger partial charge in [0.2, 0.25) is 0 Å². The van der Waals surface area contributed by atoms with Crippen LogP contribution in [-0.4, -0.2) is 51.5 Å². The van der Waals surface area contributed by atoms with E-state index in [1.807, 2.05) is 6.92 Å². The molecule has 2 unspecified atom stereocenters. The first-order chi connectivity index (χ1) is 12.9. The Kier molecular flexibility index (Phi) is 4.08. The number of carbonyl (C=O) groups excluding carboxylic acids is 2. The maximum absolute atomic E-state index is 14.0. The van der Waals surface area contributed by atoms with E-state index < -0.39 is 41.7 Å². The summed E-state index contributed by atoms with van der Waals surface area (Å²) in [7, 11) is 0. The molecule has 0 saturated heterocycles. The van der Waals surface area contributed by atoms with E-state index in [9.17, 15) is 24.9 Å². The Bertz CT molecular complexity index is 810. The second kappa shape index (κ2) is 5.77. The zero-order valence-corrected chi connectivity index (χ0v) is 17.1. The van der Waals surface area contributed by atoms with Crippen LogP contribution in [0.3, 0.4) is 0 Å². The van der Waals surface area contributed by atoms with Crippen molar-refractivity contribution < 1.29 is 29.6 Å². The number of hydrogen-bond acceptors (Lipinski definition) is 6. The molecule has 8 atom stereocenters. The number of hydrogen-bond donors (Lipinski definition) is 3. The standard InChI is InChI=1S/C22H30O6/c1-10-8-21-11(2)6-15-16(20(15,4)5)14(18(21)26)7-13(9-23)17(25)22(21,27)19(10)28-12(3)24/h7-8,11,14-17,19,23,25,27H,6,9H2,1-5H3/t11?,14-,15+,16-,17+,19-,21?,22-/m0/s1. The van der Waals surface area contributed by atoms with Crippen molar-refractivity contribution in [2.24, 2.45) is 34.5 Å². The SMILES string of the molecule is CC(=O)O[C@H]1C(C)=CC23C(=O)[C@@H](C=C(CO)[C@@H](O)[C@]12O)[C@H]1[C@@H](CC3C)C1(C)C. The molecule has 2 fully saturated rings. The molecule has 4 aliphatic rings. The van der Waals surface area contributed by atoms with Crippen molar-refractivity contribution in [3.63, 3.8) is 0 Å². The van der Waals surface area contributed by atoms with E-state index in [0.717, 1.165) is 6.42 Å². The van der Waals surface area contributed by atoms with Crippen LogP contribution in [0.5, 0.6) is 0 Å². The van der Waals surface area contributed by atoms with Crippen molar-refractivity contribution in [3.05, 3.63) is 23.3 Å². The summed E-state index contributed by atoms with van der Waals surface area (Å²) in [4.78, 5) is 25.8. The third-order valence-corrected chi connectivity index (χ3v) is 8.18. The van der Waals surface area contributed by atoms with Gasteiger partial charge in [0.25, 0.3) is 0 Å². The molecule has 0 aromatic rings. The number of rotatable bonds is 2. The van der Waals surface area contributed by atoms with Gasteiger partial charge < -0.3 is 20.1 Å². The molecule has 2 saturated carbocycles. The van der Waals surface area contributed by atoms with Crippen LogP contribution in [0.15, 0.2) is 23.3 Å². The van der Waals surface area contributed by atoms with Crippen LogP contribution in [0.25, 0.3) is 0 Å². The first-order valence-corrected chi connectivity index (χ1v) is 10.1. The Hall–Kier alpha value is -1.50. The first kappa shape index (κ1) is 19.8. The summed E-state index contributed by atoms with van der Waals surface area (Å²) in [5.41, 5.74) is -2.63. The second-order valence-electron chi connectivity index (χ2n) is 9.85. The molecule has 4 aliphatic carbocycles. The summed E-state index contributed by atoms with van der Waals surface area (Å²) in [5.74, 6) is -1.04. The van der Waals surface area contributed by atoms with Crippen LogP contribution in [0.1, 0.15) is 41.0 Å². The lowest BCUT2D eigenvalue weighted by Gasteiger charge is -2.48. The lowest BCUT2D eigenvalue weighted by atomic mass is 9.59. The van der Waals surface area contributed by atoms with Gasteiger partial charge in [-0.3, -0.25) is 9.59 Å². The highest BCUT2D eigenvalue weighted by Crippen LogP contribution is 2.71. The molecule has 28 heavy (non-hydrogen) atoms. The van der Waals surface area contributed by atoms with E-state index >= 15 is 0 Å². The van der Waals surface area contributed by atoms with Crippen molar-refractivity contribution in [1.29, 1.82) is 0 Å². The monoisotopic (exact) mass is 390 g/mol. The predicted molar refractivity (Wildman–Crippen MR) is 101 cm³/mol. The second-order valence-corrected chi connectivity index (χ2v) is 9.85. The largest absolute Gasteiger partial charge is 0.455 e. The molecule has 3 N–H and O–H groups in total. The van der Waals surface area contributed by atoms with Crippen molar-refractivity contribution in [3.8, 4) is 0 Å². The third kappa shape index (κ3) is 2.09. The van der Waals surface area contributed by atoms with Gasteiger partial charge in [-0.15, -0.1) is 0 Å². The molecule has 0 aromatic heterocycles. The fourth-order valence-electron chi connectivity index (χ4n) is 6.76. The Labute approximate surface area is 165 Å². The Morgan fingerprint density at radius 3 is 2.57 bits per heavy atom. The molecule has 0 aromatic carbocycles. The molecule has 4 rings (SSSR count). The fourth-order valence-corrected chi connectivity index (χ4v) is 6.76. The van der Waals surface area contributed by atoms with E-state index in [-0.39, 0.29) is 28.6 Å². The van der Waals surface area contributed by atoms with E-state index in [1.54, 1.807) is 19.1 Å². The molecule has 0 aliphatic heterocycles. The van der Waals surface area contributed by atoms with Gasteiger partial charge in [0.15, 0.2) is 17.5 Å². The summed E-state index contributed by atoms with van der Waals surface area (Å²) < 4.78 is 5.44. The van der Waals surface area contributed by atoms with Gasteiger partial charge in [0.05, 0.1) is 12.0 Å². The lowest BCUT2D eigenvalue weighted by Crippen LogP contribution is -2.65. The summed E-state index contributed by atoms with van der Waals surface area (Å²) in [5, 5.41) is 33.2. The van der Waals surface area contributed by atoms with E-state index in [2.05, 4.69) is 13.8 Å². The molecule has 0 heterocycles. The Morgan fingerprint density at radius 2 is 2.00 bits per heavy atom. The average Bonchev–Trinajstić information content (AvgIpc) is 3.10. The van der Waals surface area contributed by atoms with Crippen molar-refractivity contribution in [2.45, 2.75) is 58.8 Å². The minimum Gasteiger partial charge on any atom is -0.455 e. The minimum absolute atomic E-state index is 0.00663. The zero-order valence-electron chi connectivity index (χ0n) is 17.1. The number of Topliss-reactive ketones (excluding diaryl/α,β-unsaturated/α-hetero) is 1. The molecule has 6 nitrogen and oxygen atoms in total. The van der Waals surface area contributed by atoms with Gasteiger partial charge in [-0.2, -0.15) is 0 Å². The highest BCUT2D eigenvalue weighted by molar-refractivity contribution is 5.95. The zero-order chi connectivity index (χ0) is 20.8. The average molecular weight is 390 g/mol. The first-order valence-electron chi connectivity index (χ1n) is 10.1. The normalized spacial score (nSPS) is 48.5. The number of allylic oxidation sites excluding steroid dienone is 1. The fraction of sp³-hybridized carbons (Fsp3) is 0.727. The molecular formula is C22H30O6. The lowest BCUT2D eigenvalue weighted by molar-refractivity contribution is -0.202. The number of aliphatic hydroxyl groups is 3. The van der Waals surface area contributed by atoms with Gasteiger partial charge >= 0.3 is 5.97 Å². The maximum Gasteiger partial charge on any atom is 0.303 e. The third-order valence-electron chi connectivity index (χ3n) is 8.18. The highest BCUT2D eigenvalue weighted by Gasteiger charge is 2.76. The van der Waals surface area contributed by atoms with Crippen molar-refractivity contribution in [2.75, 3.05) is 6.61 Å². The van der Waals surface area contributed by atoms with Crippen LogP contribution in [-0.2, 0) is 14.3 Å². The summed E-state index contributed by atoms with van der Waals surface area (Å²) in [6, 6.07) is 0. The summed E-state index contributed by atoms with van der Waals surface area (Å²) >= 11 is 0. The molecule has 0 radical (unpaired) electrons. The van der Waals surface area contributed by atoms with Crippen LogP contribution in [0, 0.1) is 34.5 Å². The van der Waals surface area contributed by atoms with Crippen LogP contribution in [0.2, 0.25) is 0 Å². The van der Waals surface area contributed by atoms with E-state index in [1.165, 1.54) is 6.92 Å². The van der Waals surface area contributed by atoms with Gasteiger partial charge in [0.1, 0.15) is 6.10 Å². The molecule has 6 heteroatoms. The molecule has 2 bridgehead atoms. The Balaban J connectivity index is 1.97. The maximum atomic E-state index is 14.0. The summed E-state index contributed by atoms with van der Waals surface area (Å²) in [6.45, 7) is 8.73. The molecule has 154 valence electrons. The van der Waals surface area contributed by atoms with Gasteiger partial charge in [-0.25, -0.2) is 0 Å². The quantitative estimate of drug-likeness (QED) is 0.486. The van der Waals surface area contributed by atoms with Gasteiger partial charge in [0, 0.05) is 12.8 Å². The van der Waals surface area contributed by atoms with Gasteiger partial charge in [-0.05, 0) is 47.7 Å². The van der Waals surface area contributed by atoms with Crippen molar-refractivity contribution >= 4 is 11.8 Å². The number of aliphatic hydroxyl groups excluding tert-OH is 2.